The number of carbonyl (C=O) groups is 2. The van der Waals surface area contributed by atoms with E-state index >= 15 is 0 Å². The number of amides is 2. The van der Waals surface area contributed by atoms with Crippen molar-refractivity contribution in [2.24, 2.45) is 5.92 Å². The Balaban J connectivity index is 1.75. The summed E-state index contributed by atoms with van der Waals surface area (Å²) in [6.45, 7) is 8.23. The SMILES string of the molecule is Cc1ccc(CN(Cc2ccccc2)C(=O)CN(CC2CCCO2)C(=O)C(C)C)s1. The average Bonchev–Trinajstić information content (AvgIpc) is 3.38. The van der Waals surface area contributed by atoms with Crippen molar-refractivity contribution in [1.82, 2.24) is 9.80 Å². The number of nitrogens with zero attached hydrogens (tertiary/aromatic N) is 2. The predicted octanol–water partition coefficient (Wildman–Crippen LogP) is 4.25. The van der Waals surface area contributed by atoms with Gasteiger partial charge < -0.3 is 14.5 Å². The lowest BCUT2D eigenvalue weighted by atomic mass is 10.1. The summed E-state index contributed by atoms with van der Waals surface area (Å²) in [5, 5.41) is 0. The second kappa shape index (κ2) is 10.7. The summed E-state index contributed by atoms with van der Waals surface area (Å²) in [6.07, 6.45) is 1.99. The average molecular weight is 429 g/mol. The molecular weight excluding hydrogens is 396 g/mol. The van der Waals surface area contributed by atoms with E-state index in [-0.39, 0.29) is 30.4 Å². The van der Waals surface area contributed by atoms with Gasteiger partial charge in [0.1, 0.15) is 0 Å². The largest absolute Gasteiger partial charge is 0.376 e. The fourth-order valence-corrected chi connectivity index (χ4v) is 4.60. The molecule has 0 aliphatic carbocycles. The maximum absolute atomic E-state index is 13.4. The second-order valence-corrected chi connectivity index (χ2v) is 9.63. The summed E-state index contributed by atoms with van der Waals surface area (Å²) in [6, 6.07) is 14.2. The molecule has 1 aliphatic rings. The molecule has 5 nitrogen and oxygen atoms in total. The summed E-state index contributed by atoms with van der Waals surface area (Å²) < 4.78 is 5.73. The maximum Gasteiger partial charge on any atom is 0.242 e. The summed E-state index contributed by atoms with van der Waals surface area (Å²) >= 11 is 1.71. The van der Waals surface area contributed by atoms with Crippen molar-refractivity contribution in [3.8, 4) is 0 Å². The van der Waals surface area contributed by atoms with E-state index in [1.807, 2.05) is 49.1 Å². The fourth-order valence-electron chi connectivity index (χ4n) is 3.69. The zero-order chi connectivity index (χ0) is 21.5. The Kier molecular flexibility index (Phi) is 8.05. The molecular formula is C24H32N2O3S. The monoisotopic (exact) mass is 428 g/mol. The second-order valence-electron chi connectivity index (χ2n) is 8.26. The Hall–Kier alpha value is -2.18. The fraction of sp³-hybridized carbons (Fsp3) is 0.500. The van der Waals surface area contributed by atoms with Crippen LogP contribution in [0, 0.1) is 12.8 Å². The van der Waals surface area contributed by atoms with Gasteiger partial charge in [0, 0.05) is 35.4 Å². The van der Waals surface area contributed by atoms with Crippen molar-refractivity contribution in [2.75, 3.05) is 19.7 Å². The van der Waals surface area contributed by atoms with Gasteiger partial charge in [-0.15, -0.1) is 11.3 Å². The number of aryl methyl sites for hydroxylation is 1. The third-order valence-electron chi connectivity index (χ3n) is 5.29. The van der Waals surface area contributed by atoms with E-state index in [0.717, 1.165) is 29.9 Å². The smallest absolute Gasteiger partial charge is 0.242 e. The van der Waals surface area contributed by atoms with Crippen molar-refractivity contribution in [3.63, 3.8) is 0 Å². The Bertz CT molecular complexity index is 828. The minimum Gasteiger partial charge on any atom is -0.376 e. The van der Waals surface area contributed by atoms with Gasteiger partial charge in [0.05, 0.1) is 19.2 Å². The van der Waals surface area contributed by atoms with E-state index in [1.165, 1.54) is 4.88 Å². The number of hydrogen-bond donors (Lipinski definition) is 0. The van der Waals surface area contributed by atoms with Crippen LogP contribution in [0.3, 0.4) is 0 Å². The van der Waals surface area contributed by atoms with Crippen molar-refractivity contribution in [3.05, 3.63) is 57.8 Å². The number of benzene rings is 1. The van der Waals surface area contributed by atoms with Crippen molar-refractivity contribution < 1.29 is 14.3 Å². The van der Waals surface area contributed by atoms with Gasteiger partial charge in [0.15, 0.2) is 0 Å². The molecule has 162 valence electrons. The molecule has 1 fully saturated rings. The summed E-state index contributed by atoms with van der Waals surface area (Å²) in [5.41, 5.74) is 1.08. The van der Waals surface area contributed by atoms with Crippen LogP contribution in [-0.2, 0) is 27.4 Å². The van der Waals surface area contributed by atoms with Crippen LogP contribution in [0.4, 0.5) is 0 Å². The minimum absolute atomic E-state index is 0.00507. The lowest BCUT2D eigenvalue weighted by molar-refractivity contribution is -0.144. The molecule has 0 N–H and O–H groups in total. The first-order valence-electron chi connectivity index (χ1n) is 10.7. The molecule has 0 radical (unpaired) electrons. The summed E-state index contributed by atoms with van der Waals surface area (Å²) in [7, 11) is 0. The highest BCUT2D eigenvalue weighted by Gasteiger charge is 2.27. The minimum atomic E-state index is -0.151. The van der Waals surface area contributed by atoms with Crippen LogP contribution in [0.15, 0.2) is 42.5 Å². The predicted molar refractivity (Wildman–Crippen MR) is 120 cm³/mol. The Morgan fingerprint density at radius 3 is 2.47 bits per heavy atom. The molecule has 2 heterocycles. The molecule has 1 atom stereocenters. The van der Waals surface area contributed by atoms with Gasteiger partial charge in [-0.3, -0.25) is 9.59 Å². The van der Waals surface area contributed by atoms with Gasteiger partial charge in [-0.25, -0.2) is 0 Å². The van der Waals surface area contributed by atoms with Crippen LogP contribution < -0.4 is 0 Å². The lowest BCUT2D eigenvalue weighted by Crippen LogP contribution is -2.46. The van der Waals surface area contributed by atoms with Crippen molar-refractivity contribution in [2.45, 2.75) is 52.8 Å². The van der Waals surface area contributed by atoms with Crippen molar-refractivity contribution in [1.29, 1.82) is 0 Å². The highest BCUT2D eigenvalue weighted by atomic mass is 32.1. The number of hydrogen-bond acceptors (Lipinski definition) is 4. The van der Waals surface area contributed by atoms with E-state index in [2.05, 4.69) is 19.1 Å². The van der Waals surface area contributed by atoms with Crippen LogP contribution >= 0.6 is 11.3 Å². The highest BCUT2D eigenvalue weighted by Crippen LogP contribution is 2.20. The molecule has 1 aromatic heterocycles. The first-order chi connectivity index (χ1) is 14.4. The molecule has 1 aliphatic heterocycles. The van der Waals surface area contributed by atoms with Crippen LogP contribution in [0.1, 0.15) is 42.0 Å². The van der Waals surface area contributed by atoms with Gasteiger partial charge in [-0.2, -0.15) is 0 Å². The van der Waals surface area contributed by atoms with E-state index in [9.17, 15) is 9.59 Å². The molecule has 6 heteroatoms. The number of rotatable bonds is 9. The molecule has 2 aromatic rings. The summed E-state index contributed by atoms with van der Waals surface area (Å²) in [5.74, 6) is -0.177. The molecule has 1 saturated heterocycles. The first-order valence-corrected chi connectivity index (χ1v) is 11.5. The van der Waals surface area contributed by atoms with Gasteiger partial charge >= 0.3 is 0 Å². The number of carbonyl (C=O) groups excluding carboxylic acids is 2. The number of thiophene rings is 1. The Morgan fingerprint density at radius 2 is 1.87 bits per heavy atom. The summed E-state index contributed by atoms with van der Waals surface area (Å²) in [4.78, 5) is 32.1. The van der Waals surface area contributed by atoms with Crippen LogP contribution in [0.5, 0.6) is 0 Å². The quantitative estimate of drug-likeness (QED) is 0.600. The Labute approximate surface area is 183 Å². The number of ether oxygens (including phenoxy) is 1. The van der Waals surface area contributed by atoms with Gasteiger partial charge in [-0.1, -0.05) is 44.2 Å². The van der Waals surface area contributed by atoms with Crippen LogP contribution in [0.2, 0.25) is 0 Å². The zero-order valence-corrected chi connectivity index (χ0v) is 19.0. The first kappa shape index (κ1) is 22.5. The molecule has 30 heavy (non-hydrogen) atoms. The third kappa shape index (κ3) is 6.41. The molecule has 1 unspecified atom stereocenters. The van der Waals surface area contributed by atoms with E-state index in [4.69, 9.17) is 4.74 Å². The van der Waals surface area contributed by atoms with Gasteiger partial charge in [0.2, 0.25) is 11.8 Å². The maximum atomic E-state index is 13.4. The van der Waals surface area contributed by atoms with Gasteiger partial charge in [-0.05, 0) is 37.5 Å². The van der Waals surface area contributed by atoms with Crippen LogP contribution in [0.25, 0.3) is 0 Å². The Morgan fingerprint density at radius 1 is 1.10 bits per heavy atom. The topological polar surface area (TPSA) is 49.9 Å². The normalized spacial score (nSPS) is 16.1. The molecule has 0 bridgehead atoms. The third-order valence-corrected chi connectivity index (χ3v) is 6.28. The molecule has 2 amide bonds. The van der Waals surface area contributed by atoms with Gasteiger partial charge in [0.25, 0.3) is 0 Å². The molecule has 1 aromatic carbocycles. The van der Waals surface area contributed by atoms with E-state index in [1.54, 1.807) is 16.2 Å². The molecule has 0 saturated carbocycles. The standard InChI is InChI=1S/C24H32N2O3S/c1-18(2)24(28)26(15-21-10-7-13-29-21)17-23(27)25(14-20-8-5-4-6-9-20)16-22-12-11-19(3)30-22/h4-6,8-9,11-12,18,21H,7,10,13-17H2,1-3H3. The lowest BCUT2D eigenvalue weighted by Gasteiger charge is -2.30. The molecule has 3 rings (SSSR count). The van der Waals surface area contributed by atoms with E-state index in [0.29, 0.717) is 19.6 Å². The van der Waals surface area contributed by atoms with Crippen LogP contribution in [-0.4, -0.2) is 47.4 Å². The zero-order valence-electron chi connectivity index (χ0n) is 18.2. The van der Waals surface area contributed by atoms with Crippen molar-refractivity contribution >= 4 is 23.2 Å². The highest BCUT2D eigenvalue weighted by molar-refractivity contribution is 7.11. The molecule has 0 spiro atoms. The van der Waals surface area contributed by atoms with E-state index < -0.39 is 0 Å².